The van der Waals surface area contributed by atoms with Crippen LogP contribution in [-0.2, 0) is 4.79 Å². The Balaban J connectivity index is 1.67. The summed E-state index contributed by atoms with van der Waals surface area (Å²) in [6.07, 6.45) is 2.74. The number of nitrogens with zero attached hydrogens (tertiary/aromatic N) is 2. The van der Waals surface area contributed by atoms with E-state index in [9.17, 15) is 14.0 Å². The van der Waals surface area contributed by atoms with Gasteiger partial charge < -0.3 is 10.4 Å². The minimum absolute atomic E-state index is 0.102. The van der Waals surface area contributed by atoms with Crippen molar-refractivity contribution in [2.24, 2.45) is 5.41 Å². The van der Waals surface area contributed by atoms with Crippen LogP contribution in [0.4, 0.5) is 4.39 Å². The molecule has 0 aliphatic heterocycles. The fourth-order valence-corrected chi connectivity index (χ4v) is 2.14. The zero-order valence-electron chi connectivity index (χ0n) is 11.6. The summed E-state index contributed by atoms with van der Waals surface area (Å²) < 4.78 is 14.3. The average Bonchev–Trinajstić information content (AvgIpc) is 3.15. The summed E-state index contributed by atoms with van der Waals surface area (Å²) in [6.45, 7) is 0.102. The number of carbonyl (C=O) groups excluding carboxylic acids is 1. The van der Waals surface area contributed by atoms with Crippen LogP contribution in [0.1, 0.15) is 23.3 Å². The van der Waals surface area contributed by atoms with E-state index in [0.717, 1.165) is 0 Å². The zero-order valence-corrected chi connectivity index (χ0v) is 11.6. The maximum Gasteiger partial charge on any atom is 0.311 e. The lowest BCUT2D eigenvalue weighted by Gasteiger charge is -2.09. The minimum Gasteiger partial charge on any atom is -0.481 e. The second kappa shape index (κ2) is 5.25. The molecule has 6 nitrogen and oxygen atoms in total. The summed E-state index contributed by atoms with van der Waals surface area (Å²) >= 11 is 0. The molecule has 1 amide bonds. The highest BCUT2D eigenvalue weighted by atomic mass is 19.1. The molecule has 22 heavy (non-hydrogen) atoms. The van der Waals surface area contributed by atoms with Crippen molar-refractivity contribution in [2.75, 3.05) is 6.54 Å². The van der Waals surface area contributed by atoms with Crippen molar-refractivity contribution in [3.63, 3.8) is 0 Å². The average molecular weight is 303 g/mol. The molecule has 0 atom stereocenters. The Morgan fingerprint density at radius 2 is 1.95 bits per heavy atom. The normalized spacial score (nSPS) is 15.3. The number of amides is 1. The number of rotatable bonds is 5. The van der Waals surface area contributed by atoms with Gasteiger partial charge in [0, 0.05) is 12.7 Å². The van der Waals surface area contributed by atoms with Gasteiger partial charge in [0.1, 0.15) is 5.82 Å². The molecule has 1 fully saturated rings. The third kappa shape index (κ3) is 2.69. The molecule has 0 saturated heterocycles. The SMILES string of the molecule is O=C(NCC1(C(=O)O)CC1)c1ccn(-c2ccc(F)cc2)n1. The Kier molecular flexibility index (Phi) is 3.40. The summed E-state index contributed by atoms with van der Waals surface area (Å²) in [5, 5.41) is 15.8. The number of halogens is 1. The molecule has 3 rings (SSSR count). The lowest BCUT2D eigenvalue weighted by molar-refractivity contribution is -0.143. The van der Waals surface area contributed by atoms with Gasteiger partial charge in [-0.3, -0.25) is 9.59 Å². The van der Waals surface area contributed by atoms with Crippen molar-refractivity contribution in [2.45, 2.75) is 12.8 Å². The highest BCUT2D eigenvalue weighted by Gasteiger charge is 2.50. The highest BCUT2D eigenvalue weighted by Crippen LogP contribution is 2.45. The molecule has 0 unspecified atom stereocenters. The highest BCUT2D eigenvalue weighted by molar-refractivity contribution is 5.92. The molecule has 0 bridgehead atoms. The molecule has 1 aliphatic rings. The van der Waals surface area contributed by atoms with Crippen molar-refractivity contribution in [1.29, 1.82) is 0 Å². The van der Waals surface area contributed by atoms with Gasteiger partial charge in [-0.05, 0) is 43.2 Å². The van der Waals surface area contributed by atoms with Crippen LogP contribution >= 0.6 is 0 Å². The van der Waals surface area contributed by atoms with E-state index in [1.54, 1.807) is 18.3 Å². The Hall–Kier alpha value is -2.70. The second-order valence-corrected chi connectivity index (χ2v) is 5.39. The Morgan fingerprint density at radius 3 is 2.55 bits per heavy atom. The fraction of sp³-hybridized carbons (Fsp3) is 0.267. The Bertz CT molecular complexity index is 720. The molecule has 0 spiro atoms. The van der Waals surface area contributed by atoms with E-state index in [-0.39, 0.29) is 18.1 Å². The van der Waals surface area contributed by atoms with E-state index in [2.05, 4.69) is 10.4 Å². The summed E-state index contributed by atoms with van der Waals surface area (Å²) in [6, 6.07) is 7.24. The molecule has 1 aromatic heterocycles. The van der Waals surface area contributed by atoms with E-state index < -0.39 is 17.3 Å². The first-order chi connectivity index (χ1) is 10.5. The van der Waals surface area contributed by atoms with E-state index in [1.807, 2.05) is 0 Å². The van der Waals surface area contributed by atoms with Crippen molar-refractivity contribution in [1.82, 2.24) is 15.1 Å². The van der Waals surface area contributed by atoms with Crippen molar-refractivity contribution in [3.05, 3.63) is 48.0 Å². The number of carboxylic acid groups (broad SMARTS) is 1. The number of aliphatic carboxylic acids is 1. The largest absolute Gasteiger partial charge is 0.481 e. The van der Waals surface area contributed by atoms with Gasteiger partial charge in [-0.15, -0.1) is 0 Å². The quantitative estimate of drug-likeness (QED) is 0.879. The summed E-state index contributed by atoms with van der Waals surface area (Å²) in [5.74, 6) is -1.66. The van der Waals surface area contributed by atoms with E-state index >= 15 is 0 Å². The molecule has 0 radical (unpaired) electrons. The lowest BCUT2D eigenvalue weighted by atomic mass is 10.1. The van der Waals surface area contributed by atoms with Crippen LogP contribution in [-0.4, -0.2) is 33.3 Å². The minimum atomic E-state index is -0.885. The number of carbonyl (C=O) groups is 2. The van der Waals surface area contributed by atoms with Crippen LogP contribution in [0.5, 0.6) is 0 Å². The van der Waals surface area contributed by atoms with Gasteiger partial charge in [0.25, 0.3) is 5.91 Å². The lowest BCUT2D eigenvalue weighted by Crippen LogP contribution is -2.34. The van der Waals surface area contributed by atoms with Crippen molar-refractivity contribution in [3.8, 4) is 5.69 Å². The maximum absolute atomic E-state index is 12.9. The Morgan fingerprint density at radius 1 is 1.27 bits per heavy atom. The van der Waals surface area contributed by atoms with Gasteiger partial charge in [-0.25, -0.2) is 9.07 Å². The number of aromatic nitrogens is 2. The maximum atomic E-state index is 12.9. The Labute approximate surface area is 125 Å². The number of carboxylic acids is 1. The van der Waals surface area contributed by atoms with Gasteiger partial charge in [0.05, 0.1) is 11.1 Å². The first-order valence-corrected chi connectivity index (χ1v) is 6.83. The van der Waals surface area contributed by atoms with Crippen LogP contribution in [0.15, 0.2) is 36.5 Å². The number of hydrogen-bond donors (Lipinski definition) is 2. The van der Waals surface area contributed by atoms with Gasteiger partial charge in [0.2, 0.25) is 0 Å². The van der Waals surface area contributed by atoms with Crippen LogP contribution in [0.2, 0.25) is 0 Å². The molecule has 1 aliphatic carbocycles. The number of hydrogen-bond acceptors (Lipinski definition) is 3. The molecule has 1 aromatic carbocycles. The molecule has 1 saturated carbocycles. The topological polar surface area (TPSA) is 84.2 Å². The van der Waals surface area contributed by atoms with Crippen molar-refractivity contribution < 1.29 is 19.1 Å². The van der Waals surface area contributed by atoms with Crippen molar-refractivity contribution >= 4 is 11.9 Å². The number of benzene rings is 1. The molecule has 1 heterocycles. The van der Waals surface area contributed by atoms with Crippen LogP contribution in [0, 0.1) is 11.2 Å². The van der Waals surface area contributed by atoms with Gasteiger partial charge >= 0.3 is 5.97 Å². The van der Waals surface area contributed by atoms with Crippen LogP contribution < -0.4 is 5.32 Å². The third-order valence-corrected chi connectivity index (χ3v) is 3.81. The molecule has 2 aromatic rings. The van der Waals surface area contributed by atoms with Gasteiger partial charge in [-0.1, -0.05) is 0 Å². The van der Waals surface area contributed by atoms with Gasteiger partial charge in [-0.2, -0.15) is 5.10 Å². The van der Waals surface area contributed by atoms with E-state index in [0.29, 0.717) is 18.5 Å². The first kappa shape index (κ1) is 14.2. The summed E-state index contributed by atoms with van der Waals surface area (Å²) in [7, 11) is 0. The van der Waals surface area contributed by atoms with E-state index in [4.69, 9.17) is 5.11 Å². The molecular weight excluding hydrogens is 289 g/mol. The predicted octanol–water partition coefficient (Wildman–Crippen LogP) is 1.61. The van der Waals surface area contributed by atoms with Crippen LogP contribution in [0.25, 0.3) is 5.69 Å². The first-order valence-electron chi connectivity index (χ1n) is 6.83. The molecule has 2 N–H and O–H groups in total. The molecule has 7 heteroatoms. The third-order valence-electron chi connectivity index (χ3n) is 3.81. The smallest absolute Gasteiger partial charge is 0.311 e. The standard InChI is InChI=1S/C15H14FN3O3/c16-10-1-3-11(4-2-10)19-8-5-12(18-19)13(20)17-9-15(6-7-15)14(21)22/h1-5,8H,6-7,9H2,(H,17,20)(H,21,22). The molecular formula is C15H14FN3O3. The van der Waals surface area contributed by atoms with E-state index in [1.165, 1.54) is 22.9 Å². The van der Waals surface area contributed by atoms with Gasteiger partial charge in [0.15, 0.2) is 5.69 Å². The monoisotopic (exact) mass is 303 g/mol. The summed E-state index contributed by atoms with van der Waals surface area (Å²) in [4.78, 5) is 23.0. The summed E-state index contributed by atoms with van der Waals surface area (Å²) in [5.41, 5.74) is 0.00463. The predicted molar refractivity (Wildman–Crippen MR) is 75.2 cm³/mol. The number of nitrogens with one attached hydrogen (secondary N) is 1. The zero-order chi connectivity index (χ0) is 15.7. The fourth-order valence-electron chi connectivity index (χ4n) is 2.14. The second-order valence-electron chi connectivity index (χ2n) is 5.39. The molecule has 114 valence electrons. The van der Waals surface area contributed by atoms with Crippen LogP contribution in [0.3, 0.4) is 0 Å².